The first-order valence-electron chi connectivity index (χ1n) is 8.67. The van der Waals surface area contributed by atoms with Crippen LogP contribution in [0.5, 0.6) is 0 Å². The topological polar surface area (TPSA) is 59.6 Å². The molecule has 2 aliphatic rings. The number of rotatable bonds is 4. The fourth-order valence-electron chi connectivity index (χ4n) is 3.74. The SMILES string of the molecule is CC[C@]1(c2cc(NC3CCCC3)ccc2F)N=C(N)COC[C@@H]1F. The van der Waals surface area contributed by atoms with E-state index in [0.29, 0.717) is 12.5 Å². The molecule has 0 radical (unpaired) electrons. The van der Waals surface area contributed by atoms with Crippen molar-refractivity contribution in [2.24, 2.45) is 10.7 Å². The largest absolute Gasteiger partial charge is 0.386 e. The summed E-state index contributed by atoms with van der Waals surface area (Å²) < 4.78 is 34.7. The van der Waals surface area contributed by atoms with Crippen molar-refractivity contribution in [3.05, 3.63) is 29.6 Å². The number of anilines is 1. The predicted molar refractivity (Wildman–Crippen MR) is 91.6 cm³/mol. The van der Waals surface area contributed by atoms with E-state index in [1.165, 1.54) is 18.9 Å². The first kappa shape index (κ1) is 17.1. The number of halogens is 2. The average molecular weight is 337 g/mol. The van der Waals surface area contributed by atoms with Gasteiger partial charge in [-0.15, -0.1) is 0 Å². The molecule has 4 nitrogen and oxygen atoms in total. The molecular formula is C18H25F2N3O. The highest BCUT2D eigenvalue weighted by atomic mass is 19.1. The molecule has 0 saturated heterocycles. The fourth-order valence-corrected chi connectivity index (χ4v) is 3.74. The molecule has 132 valence electrons. The molecule has 1 fully saturated rings. The lowest BCUT2D eigenvalue weighted by Crippen LogP contribution is -2.38. The number of nitrogens with zero attached hydrogens (tertiary/aromatic N) is 1. The molecule has 2 atom stereocenters. The van der Waals surface area contributed by atoms with E-state index in [-0.39, 0.29) is 24.6 Å². The van der Waals surface area contributed by atoms with Crippen molar-refractivity contribution < 1.29 is 13.5 Å². The number of hydrogen-bond acceptors (Lipinski definition) is 4. The van der Waals surface area contributed by atoms with Crippen LogP contribution in [0, 0.1) is 5.82 Å². The highest BCUT2D eigenvalue weighted by Gasteiger charge is 2.43. The molecule has 24 heavy (non-hydrogen) atoms. The molecule has 1 heterocycles. The van der Waals surface area contributed by atoms with Crippen LogP contribution in [-0.4, -0.2) is 31.3 Å². The van der Waals surface area contributed by atoms with Crippen LogP contribution in [0.3, 0.4) is 0 Å². The summed E-state index contributed by atoms with van der Waals surface area (Å²) in [5.74, 6) is -0.263. The lowest BCUT2D eigenvalue weighted by Gasteiger charge is -2.32. The Morgan fingerprint density at radius 3 is 2.83 bits per heavy atom. The Balaban J connectivity index is 1.99. The van der Waals surface area contributed by atoms with Crippen LogP contribution >= 0.6 is 0 Å². The smallest absolute Gasteiger partial charge is 0.153 e. The second kappa shape index (κ2) is 7.05. The van der Waals surface area contributed by atoms with Crippen molar-refractivity contribution in [1.29, 1.82) is 0 Å². The molecule has 0 spiro atoms. The van der Waals surface area contributed by atoms with Crippen molar-refractivity contribution in [3.8, 4) is 0 Å². The lowest BCUT2D eigenvalue weighted by atomic mass is 9.83. The fraction of sp³-hybridized carbons (Fsp3) is 0.611. The highest BCUT2D eigenvalue weighted by molar-refractivity contribution is 5.82. The van der Waals surface area contributed by atoms with Gasteiger partial charge in [0, 0.05) is 17.3 Å². The Bertz CT molecular complexity index is 616. The molecule has 0 aromatic heterocycles. The van der Waals surface area contributed by atoms with Crippen molar-refractivity contribution >= 4 is 11.5 Å². The Kier molecular flexibility index (Phi) is 5.04. The van der Waals surface area contributed by atoms with Crippen LogP contribution < -0.4 is 11.1 Å². The summed E-state index contributed by atoms with van der Waals surface area (Å²) in [6.07, 6.45) is 3.49. The number of nitrogens with two attached hydrogens (primary N) is 1. The quantitative estimate of drug-likeness (QED) is 0.884. The maximum atomic E-state index is 14.9. The van der Waals surface area contributed by atoms with Gasteiger partial charge in [0.05, 0.1) is 6.61 Å². The van der Waals surface area contributed by atoms with Crippen LogP contribution in [0.15, 0.2) is 23.2 Å². The maximum absolute atomic E-state index is 14.9. The van der Waals surface area contributed by atoms with Gasteiger partial charge in [-0.3, -0.25) is 4.99 Å². The molecule has 1 aromatic rings. The summed E-state index contributed by atoms with van der Waals surface area (Å²) in [7, 11) is 0. The van der Waals surface area contributed by atoms with Gasteiger partial charge in [0.15, 0.2) is 6.17 Å². The number of amidine groups is 1. The number of aliphatic imine (C=N–C) groups is 1. The first-order valence-corrected chi connectivity index (χ1v) is 8.67. The van der Waals surface area contributed by atoms with Gasteiger partial charge in [0.1, 0.15) is 23.8 Å². The standard InChI is InChI=1S/C18H25F2N3O/c1-2-18(16(20)10-24-11-17(21)23-18)14-9-13(7-8-15(14)19)22-12-5-3-4-6-12/h7-9,12,16,22H,2-6,10-11H2,1H3,(H2,21,23)/t16-,18+/m0/s1. The first-order chi connectivity index (χ1) is 11.5. The predicted octanol–water partition coefficient (Wildman–Crippen LogP) is 3.51. The molecule has 6 heteroatoms. The van der Waals surface area contributed by atoms with Crippen LogP contribution in [0.25, 0.3) is 0 Å². The molecule has 0 unspecified atom stereocenters. The van der Waals surface area contributed by atoms with Crippen LogP contribution in [0.2, 0.25) is 0 Å². The van der Waals surface area contributed by atoms with Crippen molar-refractivity contribution in [2.75, 3.05) is 18.5 Å². The minimum atomic E-state index is -1.44. The second-order valence-corrected chi connectivity index (χ2v) is 6.68. The monoisotopic (exact) mass is 337 g/mol. The van der Waals surface area contributed by atoms with Crippen molar-refractivity contribution in [3.63, 3.8) is 0 Å². The second-order valence-electron chi connectivity index (χ2n) is 6.68. The molecule has 1 aliphatic heterocycles. The summed E-state index contributed by atoms with van der Waals surface area (Å²) in [6, 6.07) is 5.17. The summed E-state index contributed by atoms with van der Waals surface area (Å²) >= 11 is 0. The molecule has 1 aromatic carbocycles. The van der Waals surface area contributed by atoms with Gasteiger partial charge >= 0.3 is 0 Å². The van der Waals surface area contributed by atoms with Gasteiger partial charge in [-0.2, -0.15) is 0 Å². The third-order valence-electron chi connectivity index (χ3n) is 5.07. The van der Waals surface area contributed by atoms with E-state index in [2.05, 4.69) is 10.3 Å². The number of alkyl halides is 1. The van der Waals surface area contributed by atoms with Crippen molar-refractivity contribution in [2.45, 2.75) is 56.8 Å². The zero-order chi connectivity index (χ0) is 17.2. The Labute approximate surface area is 141 Å². The molecular weight excluding hydrogens is 312 g/mol. The van der Waals surface area contributed by atoms with E-state index in [0.717, 1.165) is 18.5 Å². The van der Waals surface area contributed by atoms with E-state index < -0.39 is 17.5 Å². The third-order valence-corrected chi connectivity index (χ3v) is 5.07. The minimum Gasteiger partial charge on any atom is -0.386 e. The lowest BCUT2D eigenvalue weighted by molar-refractivity contribution is 0.0679. The number of ether oxygens (including phenoxy) is 1. The number of hydrogen-bond donors (Lipinski definition) is 2. The summed E-state index contributed by atoms with van der Waals surface area (Å²) in [4.78, 5) is 4.34. The van der Waals surface area contributed by atoms with Crippen LogP contribution in [0.4, 0.5) is 14.5 Å². The van der Waals surface area contributed by atoms with E-state index in [1.807, 2.05) is 0 Å². The van der Waals surface area contributed by atoms with Gasteiger partial charge < -0.3 is 15.8 Å². The average Bonchev–Trinajstić information content (AvgIpc) is 3.02. The van der Waals surface area contributed by atoms with Crippen LogP contribution in [-0.2, 0) is 10.3 Å². The molecule has 3 N–H and O–H groups in total. The maximum Gasteiger partial charge on any atom is 0.153 e. The van der Waals surface area contributed by atoms with E-state index in [4.69, 9.17) is 10.5 Å². The minimum absolute atomic E-state index is 0.0732. The number of nitrogens with one attached hydrogen (secondary N) is 1. The van der Waals surface area contributed by atoms with Gasteiger partial charge in [-0.25, -0.2) is 8.78 Å². The Hall–Kier alpha value is -1.69. The van der Waals surface area contributed by atoms with Gasteiger partial charge in [-0.05, 0) is 37.5 Å². The summed E-state index contributed by atoms with van der Waals surface area (Å²) in [5.41, 5.74) is 5.54. The molecule has 0 bridgehead atoms. The molecule has 1 saturated carbocycles. The highest BCUT2D eigenvalue weighted by Crippen LogP contribution is 2.39. The normalized spacial score (nSPS) is 28.5. The Morgan fingerprint density at radius 1 is 1.38 bits per heavy atom. The van der Waals surface area contributed by atoms with Gasteiger partial charge in [0.25, 0.3) is 0 Å². The summed E-state index contributed by atoms with van der Waals surface area (Å²) in [6.45, 7) is 1.73. The zero-order valence-corrected chi connectivity index (χ0v) is 14.0. The molecule has 1 aliphatic carbocycles. The third kappa shape index (κ3) is 3.24. The molecule has 3 rings (SSSR count). The van der Waals surface area contributed by atoms with Crippen molar-refractivity contribution in [1.82, 2.24) is 0 Å². The number of benzene rings is 1. The van der Waals surface area contributed by atoms with Gasteiger partial charge in [0.2, 0.25) is 0 Å². The van der Waals surface area contributed by atoms with Gasteiger partial charge in [-0.1, -0.05) is 19.8 Å². The van der Waals surface area contributed by atoms with E-state index in [1.54, 1.807) is 19.1 Å². The molecule has 0 amide bonds. The van der Waals surface area contributed by atoms with Crippen LogP contribution in [0.1, 0.15) is 44.6 Å². The zero-order valence-electron chi connectivity index (χ0n) is 14.0. The van der Waals surface area contributed by atoms with E-state index >= 15 is 0 Å². The Morgan fingerprint density at radius 2 is 2.12 bits per heavy atom. The van der Waals surface area contributed by atoms with E-state index in [9.17, 15) is 8.78 Å². The summed E-state index contributed by atoms with van der Waals surface area (Å²) in [5, 5.41) is 3.43.